The van der Waals surface area contributed by atoms with Gasteiger partial charge < -0.3 is 9.32 Å². The normalized spacial score (nSPS) is 13.7. The average Bonchev–Trinajstić information content (AvgIpc) is 3.44. The number of hydrogen-bond acceptors (Lipinski definition) is 7. The van der Waals surface area contributed by atoms with Crippen LogP contribution in [0.25, 0.3) is 21.7 Å². The van der Waals surface area contributed by atoms with E-state index in [-0.39, 0.29) is 5.56 Å². The predicted molar refractivity (Wildman–Crippen MR) is 135 cm³/mol. The SMILES string of the molecule is CN(C)CCCn1c(SCc2coc(-c3ccccc3)n2)nc2sc3c(c2c1=O)CCCC3. The van der Waals surface area contributed by atoms with Crippen LogP contribution in [0.1, 0.15) is 35.4 Å². The topological polar surface area (TPSA) is 64.2 Å². The lowest BCUT2D eigenvalue weighted by Crippen LogP contribution is -2.25. The number of thiophene rings is 1. The Balaban J connectivity index is 1.44. The summed E-state index contributed by atoms with van der Waals surface area (Å²) in [7, 11) is 4.12. The summed E-state index contributed by atoms with van der Waals surface area (Å²) in [5, 5.41) is 1.63. The number of aromatic nitrogens is 3. The molecule has 33 heavy (non-hydrogen) atoms. The van der Waals surface area contributed by atoms with Crippen LogP contribution in [-0.2, 0) is 25.1 Å². The number of hydrogen-bond donors (Lipinski definition) is 0. The lowest BCUT2D eigenvalue weighted by Gasteiger charge is -2.14. The molecular formula is C25H28N4O2S2. The van der Waals surface area contributed by atoms with Crippen LogP contribution in [0.2, 0.25) is 0 Å². The zero-order valence-corrected chi connectivity index (χ0v) is 20.7. The molecule has 0 spiro atoms. The molecule has 5 rings (SSSR count). The zero-order chi connectivity index (χ0) is 22.8. The van der Waals surface area contributed by atoms with E-state index in [4.69, 9.17) is 9.40 Å². The van der Waals surface area contributed by atoms with Gasteiger partial charge in [-0.15, -0.1) is 11.3 Å². The van der Waals surface area contributed by atoms with Gasteiger partial charge in [0, 0.05) is 22.7 Å². The smallest absolute Gasteiger partial charge is 0.263 e. The van der Waals surface area contributed by atoms with Crippen LogP contribution in [0.15, 0.2) is 51.0 Å². The molecule has 1 aromatic carbocycles. The second-order valence-corrected chi connectivity index (χ2v) is 10.7. The van der Waals surface area contributed by atoms with Gasteiger partial charge in [-0.2, -0.15) is 0 Å². The van der Waals surface area contributed by atoms with Gasteiger partial charge in [-0.1, -0.05) is 30.0 Å². The van der Waals surface area contributed by atoms with E-state index in [1.54, 1.807) is 29.4 Å². The van der Waals surface area contributed by atoms with Gasteiger partial charge >= 0.3 is 0 Å². The van der Waals surface area contributed by atoms with E-state index in [1.807, 2.05) is 34.9 Å². The van der Waals surface area contributed by atoms with Crippen LogP contribution in [0.5, 0.6) is 0 Å². The average molecular weight is 481 g/mol. The van der Waals surface area contributed by atoms with Gasteiger partial charge in [-0.05, 0) is 70.4 Å². The lowest BCUT2D eigenvalue weighted by molar-refractivity contribution is 0.379. The Morgan fingerprint density at radius 3 is 2.79 bits per heavy atom. The predicted octanol–water partition coefficient (Wildman–Crippen LogP) is 5.24. The number of rotatable bonds is 8. The summed E-state index contributed by atoms with van der Waals surface area (Å²) in [5.74, 6) is 1.22. The van der Waals surface area contributed by atoms with Gasteiger partial charge in [-0.25, -0.2) is 9.97 Å². The zero-order valence-electron chi connectivity index (χ0n) is 19.0. The summed E-state index contributed by atoms with van der Waals surface area (Å²) in [4.78, 5) is 27.7. The maximum atomic E-state index is 13.6. The highest BCUT2D eigenvalue weighted by Gasteiger charge is 2.22. The second-order valence-electron chi connectivity index (χ2n) is 8.70. The third kappa shape index (κ3) is 4.78. The highest BCUT2D eigenvalue weighted by atomic mass is 32.2. The molecule has 172 valence electrons. The summed E-state index contributed by atoms with van der Waals surface area (Å²) in [6.07, 6.45) is 7.03. The van der Waals surface area contributed by atoms with Crippen molar-refractivity contribution in [3.8, 4) is 11.5 Å². The molecule has 4 aromatic rings. The van der Waals surface area contributed by atoms with Gasteiger partial charge in [0.15, 0.2) is 5.16 Å². The summed E-state index contributed by atoms with van der Waals surface area (Å²) in [6, 6.07) is 9.89. The maximum absolute atomic E-state index is 13.6. The molecule has 0 saturated heterocycles. The molecular weight excluding hydrogens is 452 g/mol. The molecule has 6 nitrogen and oxygen atoms in total. The molecule has 0 N–H and O–H groups in total. The van der Waals surface area contributed by atoms with E-state index >= 15 is 0 Å². The molecule has 0 bridgehead atoms. The van der Waals surface area contributed by atoms with Crippen molar-refractivity contribution in [2.24, 2.45) is 0 Å². The first-order valence-corrected chi connectivity index (χ1v) is 13.2. The van der Waals surface area contributed by atoms with Crippen molar-refractivity contribution in [2.75, 3.05) is 20.6 Å². The van der Waals surface area contributed by atoms with E-state index in [2.05, 4.69) is 24.0 Å². The molecule has 1 aliphatic rings. The fourth-order valence-corrected chi connectivity index (χ4v) is 6.50. The molecule has 3 heterocycles. The van der Waals surface area contributed by atoms with Gasteiger partial charge in [0.05, 0.1) is 11.1 Å². The van der Waals surface area contributed by atoms with Crippen molar-refractivity contribution >= 4 is 33.3 Å². The van der Waals surface area contributed by atoms with Crippen molar-refractivity contribution in [3.05, 3.63) is 63.1 Å². The second kappa shape index (κ2) is 9.83. The monoisotopic (exact) mass is 480 g/mol. The quantitative estimate of drug-likeness (QED) is 0.254. The summed E-state index contributed by atoms with van der Waals surface area (Å²) < 4.78 is 7.58. The highest BCUT2D eigenvalue weighted by molar-refractivity contribution is 7.98. The standard InChI is InChI=1S/C25H28N4O2S2/c1-28(2)13-8-14-29-24(30)21-19-11-6-7-12-20(19)33-23(21)27-25(29)32-16-18-15-31-22(26-18)17-9-4-3-5-10-17/h3-5,9-10,15H,6-8,11-14,16H2,1-2H3. The first kappa shape index (κ1) is 22.4. The van der Waals surface area contributed by atoms with Crippen LogP contribution in [0.3, 0.4) is 0 Å². The fourth-order valence-electron chi connectivity index (χ4n) is 4.30. The highest BCUT2D eigenvalue weighted by Crippen LogP contribution is 2.35. The van der Waals surface area contributed by atoms with Crippen molar-refractivity contribution in [1.29, 1.82) is 0 Å². The fraction of sp³-hybridized carbons (Fsp3) is 0.400. The molecule has 0 fully saturated rings. The Hall–Kier alpha value is -2.42. The Bertz CT molecular complexity index is 1310. The first-order chi connectivity index (χ1) is 16.1. The molecule has 1 aliphatic carbocycles. The van der Waals surface area contributed by atoms with E-state index in [0.29, 0.717) is 18.2 Å². The third-order valence-corrected chi connectivity index (χ3v) is 8.14. The number of thioether (sulfide) groups is 1. The number of fused-ring (bicyclic) bond motifs is 3. The maximum Gasteiger partial charge on any atom is 0.263 e. The van der Waals surface area contributed by atoms with Gasteiger partial charge in [0.2, 0.25) is 5.89 Å². The number of aryl methyl sites for hydroxylation is 2. The van der Waals surface area contributed by atoms with Crippen LogP contribution in [-0.4, -0.2) is 40.1 Å². The molecule has 0 unspecified atom stereocenters. The van der Waals surface area contributed by atoms with Crippen molar-refractivity contribution in [3.63, 3.8) is 0 Å². The van der Waals surface area contributed by atoms with E-state index in [9.17, 15) is 4.79 Å². The van der Waals surface area contributed by atoms with Crippen LogP contribution < -0.4 is 5.56 Å². The first-order valence-electron chi connectivity index (χ1n) is 11.4. The minimum absolute atomic E-state index is 0.116. The van der Waals surface area contributed by atoms with Gasteiger partial charge in [-0.3, -0.25) is 9.36 Å². The van der Waals surface area contributed by atoms with Crippen molar-refractivity contribution < 1.29 is 4.42 Å². The minimum atomic E-state index is 0.116. The molecule has 3 aromatic heterocycles. The van der Waals surface area contributed by atoms with Crippen molar-refractivity contribution in [1.82, 2.24) is 19.4 Å². The third-order valence-electron chi connectivity index (χ3n) is 5.95. The Kier molecular flexibility index (Phi) is 6.66. The number of benzene rings is 1. The Morgan fingerprint density at radius 2 is 1.97 bits per heavy atom. The van der Waals surface area contributed by atoms with Crippen LogP contribution in [0, 0.1) is 0 Å². The van der Waals surface area contributed by atoms with Gasteiger partial charge in [0.1, 0.15) is 11.1 Å². The minimum Gasteiger partial charge on any atom is -0.444 e. The van der Waals surface area contributed by atoms with Gasteiger partial charge in [0.25, 0.3) is 5.56 Å². The van der Waals surface area contributed by atoms with Crippen LogP contribution in [0.4, 0.5) is 0 Å². The molecule has 0 atom stereocenters. The molecule has 0 aliphatic heterocycles. The van der Waals surface area contributed by atoms with Crippen LogP contribution >= 0.6 is 23.1 Å². The van der Waals surface area contributed by atoms with E-state index < -0.39 is 0 Å². The molecule has 0 saturated carbocycles. The molecule has 0 amide bonds. The van der Waals surface area contributed by atoms with Crippen molar-refractivity contribution in [2.45, 2.75) is 49.6 Å². The summed E-state index contributed by atoms with van der Waals surface area (Å²) in [5.41, 5.74) is 3.17. The molecule has 8 heteroatoms. The largest absolute Gasteiger partial charge is 0.444 e. The Morgan fingerprint density at radius 1 is 1.15 bits per heavy atom. The summed E-state index contributed by atoms with van der Waals surface area (Å²) in [6.45, 7) is 1.60. The van der Waals surface area contributed by atoms with E-state index in [0.717, 1.165) is 58.9 Å². The number of oxazole rings is 1. The van der Waals surface area contributed by atoms with E-state index in [1.165, 1.54) is 16.9 Å². The lowest BCUT2D eigenvalue weighted by atomic mass is 9.97. The molecule has 0 radical (unpaired) electrons. The number of nitrogens with zero attached hydrogens (tertiary/aromatic N) is 4. The summed E-state index contributed by atoms with van der Waals surface area (Å²) >= 11 is 3.27. The Labute approximate surface area is 201 Å².